The highest BCUT2D eigenvalue weighted by Crippen LogP contribution is 2.32. The highest BCUT2D eigenvalue weighted by molar-refractivity contribution is 6.32. The van der Waals surface area contributed by atoms with Gasteiger partial charge in [0.25, 0.3) is 0 Å². The average molecular weight is 301 g/mol. The van der Waals surface area contributed by atoms with Crippen LogP contribution in [0.3, 0.4) is 0 Å². The standard InChI is InChI=1S/C14H21ClN2O3/c1-14(2,3)11(18)8-16-13(19)17-10-7-5-6-9(15)12(10)20-4/h5-7,11,18H,8H2,1-4H3,(H2,16,17,19). The molecule has 0 saturated heterocycles. The Balaban J connectivity index is 2.62. The van der Waals surface area contributed by atoms with Crippen molar-refractivity contribution in [1.29, 1.82) is 0 Å². The molecule has 20 heavy (non-hydrogen) atoms. The lowest BCUT2D eigenvalue weighted by Crippen LogP contribution is -2.40. The zero-order chi connectivity index (χ0) is 15.3. The second-order valence-corrected chi connectivity index (χ2v) is 5.94. The summed E-state index contributed by atoms with van der Waals surface area (Å²) in [5.74, 6) is 0.403. The van der Waals surface area contributed by atoms with Gasteiger partial charge in [-0.2, -0.15) is 0 Å². The van der Waals surface area contributed by atoms with Gasteiger partial charge in [0, 0.05) is 6.54 Å². The van der Waals surface area contributed by atoms with Crippen LogP contribution in [0, 0.1) is 5.41 Å². The molecule has 0 spiro atoms. The number of halogens is 1. The van der Waals surface area contributed by atoms with E-state index < -0.39 is 12.1 Å². The summed E-state index contributed by atoms with van der Waals surface area (Å²) in [5, 5.41) is 15.5. The van der Waals surface area contributed by atoms with Gasteiger partial charge >= 0.3 is 6.03 Å². The quantitative estimate of drug-likeness (QED) is 0.801. The molecule has 0 aliphatic rings. The molecule has 0 aromatic heterocycles. The number of amides is 2. The largest absolute Gasteiger partial charge is 0.493 e. The molecule has 0 saturated carbocycles. The van der Waals surface area contributed by atoms with Crippen molar-refractivity contribution in [3.63, 3.8) is 0 Å². The fourth-order valence-electron chi connectivity index (χ4n) is 1.48. The first-order chi connectivity index (χ1) is 9.25. The van der Waals surface area contributed by atoms with Crippen LogP contribution >= 0.6 is 11.6 Å². The van der Waals surface area contributed by atoms with E-state index in [-0.39, 0.29) is 12.0 Å². The number of ether oxygens (including phenoxy) is 1. The Labute approximate surface area is 124 Å². The minimum Gasteiger partial charge on any atom is -0.493 e. The molecule has 1 atom stereocenters. The van der Waals surface area contributed by atoms with E-state index >= 15 is 0 Å². The minimum absolute atomic E-state index is 0.165. The van der Waals surface area contributed by atoms with E-state index in [1.807, 2.05) is 20.8 Å². The van der Waals surface area contributed by atoms with Crippen molar-refractivity contribution >= 4 is 23.3 Å². The van der Waals surface area contributed by atoms with Gasteiger partial charge in [0.2, 0.25) is 0 Å². The second-order valence-electron chi connectivity index (χ2n) is 5.54. The first kappa shape index (κ1) is 16.6. The van der Waals surface area contributed by atoms with Crippen molar-refractivity contribution in [2.45, 2.75) is 26.9 Å². The highest BCUT2D eigenvalue weighted by Gasteiger charge is 2.22. The third-order valence-electron chi connectivity index (χ3n) is 2.87. The third-order valence-corrected chi connectivity index (χ3v) is 3.17. The van der Waals surface area contributed by atoms with Crippen LogP contribution in [0.4, 0.5) is 10.5 Å². The Kier molecular flexibility index (Phi) is 5.65. The first-order valence-electron chi connectivity index (χ1n) is 6.31. The summed E-state index contributed by atoms with van der Waals surface area (Å²) >= 11 is 5.96. The minimum atomic E-state index is -0.630. The summed E-state index contributed by atoms with van der Waals surface area (Å²) < 4.78 is 5.13. The van der Waals surface area contributed by atoms with Crippen LogP contribution in [0.5, 0.6) is 5.75 Å². The van der Waals surface area contributed by atoms with Crippen LogP contribution in [0.2, 0.25) is 5.02 Å². The van der Waals surface area contributed by atoms with E-state index in [2.05, 4.69) is 10.6 Å². The normalized spacial score (nSPS) is 12.7. The van der Waals surface area contributed by atoms with Gasteiger partial charge in [-0.15, -0.1) is 0 Å². The second kappa shape index (κ2) is 6.81. The Morgan fingerprint density at radius 3 is 2.65 bits per heavy atom. The maximum Gasteiger partial charge on any atom is 0.319 e. The van der Waals surface area contributed by atoms with Gasteiger partial charge in [-0.3, -0.25) is 0 Å². The SMILES string of the molecule is COc1c(Cl)cccc1NC(=O)NCC(O)C(C)(C)C. The third kappa shape index (κ3) is 4.58. The Morgan fingerprint density at radius 2 is 2.10 bits per heavy atom. The van der Waals surface area contributed by atoms with E-state index in [9.17, 15) is 9.90 Å². The number of rotatable bonds is 4. The summed E-state index contributed by atoms with van der Waals surface area (Å²) in [5.41, 5.74) is 0.184. The first-order valence-corrected chi connectivity index (χ1v) is 6.69. The van der Waals surface area contributed by atoms with Gasteiger partial charge in [-0.1, -0.05) is 38.4 Å². The van der Waals surface area contributed by atoms with Crippen LogP contribution in [-0.2, 0) is 0 Å². The van der Waals surface area contributed by atoms with E-state index in [1.54, 1.807) is 18.2 Å². The number of urea groups is 1. The summed E-state index contributed by atoms with van der Waals surface area (Å²) in [4.78, 5) is 11.8. The molecule has 1 unspecified atom stereocenters. The Hall–Kier alpha value is -1.46. The van der Waals surface area contributed by atoms with Crippen molar-refractivity contribution in [2.75, 3.05) is 19.0 Å². The number of benzene rings is 1. The number of nitrogens with one attached hydrogen (secondary N) is 2. The summed E-state index contributed by atoms with van der Waals surface area (Å²) in [7, 11) is 1.48. The van der Waals surface area contributed by atoms with Gasteiger partial charge in [0.1, 0.15) is 0 Å². The summed E-state index contributed by atoms with van der Waals surface area (Å²) in [6, 6.07) is 4.65. The monoisotopic (exact) mass is 300 g/mol. The van der Waals surface area contributed by atoms with Crippen molar-refractivity contribution in [3.05, 3.63) is 23.2 Å². The number of para-hydroxylation sites is 1. The van der Waals surface area contributed by atoms with E-state index in [0.29, 0.717) is 16.5 Å². The van der Waals surface area contributed by atoms with E-state index in [1.165, 1.54) is 7.11 Å². The van der Waals surface area contributed by atoms with Crippen LogP contribution in [0.25, 0.3) is 0 Å². The molecule has 2 amide bonds. The zero-order valence-corrected chi connectivity index (χ0v) is 12.9. The maximum atomic E-state index is 11.8. The molecule has 5 nitrogen and oxygen atoms in total. The van der Waals surface area contributed by atoms with Crippen molar-refractivity contribution in [3.8, 4) is 5.75 Å². The van der Waals surface area contributed by atoms with E-state index in [0.717, 1.165) is 0 Å². The molecule has 3 N–H and O–H groups in total. The molecule has 112 valence electrons. The lowest BCUT2D eigenvalue weighted by molar-refractivity contribution is 0.0654. The number of aliphatic hydroxyl groups excluding tert-OH is 1. The molecule has 0 fully saturated rings. The van der Waals surface area contributed by atoms with Crippen LogP contribution < -0.4 is 15.4 Å². The van der Waals surface area contributed by atoms with Gasteiger partial charge in [0.15, 0.2) is 5.75 Å². The smallest absolute Gasteiger partial charge is 0.319 e. The maximum absolute atomic E-state index is 11.8. The van der Waals surface area contributed by atoms with Gasteiger partial charge in [-0.25, -0.2) is 4.79 Å². The average Bonchev–Trinajstić information content (AvgIpc) is 2.35. The summed E-state index contributed by atoms with van der Waals surface area (Å²) in [6.45, 7) is 5.87. The van der Waals surface area contributed by atoms with Gasteiger partial charge < -0.3 is 20.5 Å². The van der Waals surface area contributed by atoms with Crippen LogP contribution in [-0.4, -0.2) is 30.9 Å². The number of carbonyl (C=O) groups excluding carboxylic acids is 1. The molecule has 1 rings (SSSR count). The fraction of sp³-hybridized carbons (Fsp3) is 0.500. The molecule has 1 aromatic carbocycles. The number of carbonyl (C=O) groups is 1. The molecule has 0 radical (unpaired) electrons. The molecular formula is C14H21ClN2O3. The Morgan fingerprint density at radius 1 is 1.45 bits per heavy atom. The Bertz CT molecular complexity index is 472. The lowest BCUT2D eigenvalue weighted by Gasteiger charge is -2.26. The summed E-state index contributed by atoms with van der Waals surface area (Å²) in [6.07, 6.45) is -0.630. The number of aliphatic hydroxyl groups is 1. The topological polar surface area (TPSA) is 70.6 Å². The fourth-order valence-corrected chi connectivity index (χ4v) is 1.73. The van der Waals surface area contributed by atoms with Crippen molar-refractivity contribution in [2.24, 2.45) is 5.41 Å². The number of hydrogen-bond acceptors (Lipinski definition) is 3. The molecule has 6 heteroatoms. The number of hydrogen-bond donors (Lipinski definition) is 3. The van der Waals surface area contributed by atoms with E-state index in [4.69, 9.17) is 16.3 Å². The zero-order valence-electron chi connectivity index (χ0n) is 12.2. The molecule has 0 aliphatic carbocycles. The molecular weight excluding hydrogens is 280 g/mol. The molecule has 0 bridgehead atoms. The molecule has 0 aliphatic heterocycles. The highest BCUT2D eigenvalue weighted by atomic mass is 35.5. The lowest BCUT2D eigenvalue weighted by atomic mass is 9.89. The van der Waals surface area contributed by atoms with Crippen LogP contribution in [0.1, 0.15) is 20.8 Å². The van der Waals surface area contributed by atoms with Gasteiger partial charge in [0.05, 0.1) is 23.9 Å². The molecule has 1 aromatic rings. The predicted molar refractivity (Wildman–Crippen MR) is 80.5 cm³/mol. The van der Waals surface area contributed by atoms with Crippen LogP contribution in [0.15, 0.2) is 18.2 Å². The van der Waals surface area contributed by atoms with Crippen molar-refractivity contribution < 1.29 is 14.6 Å². The molecule has 0 heterocycles. The van der Waals surface area contributed by atoms with Crippen molar-refractivity contribution in [1.82, 2.24) is 5.32 Å². The predicted octanol–water partition coefficient (Wildman–Crippen LogP) is 2.88. The van der Waals surface area contributed by atoms with Gasteiger partial charge in [-0.05, 0) is 17.5 Å². The number of anilines is 1. The number of methoxy groups -OCH3 is 1.